The molecule has 1 fully saturated rings. The van der Waals surface area contributed by atoms with E-state index < -0.39 is 16.1 Å². The van der Waals surface area contributed by atoms with Gasteiger partial charge in [-0.05, 0) is 45.4 Å². The van der Waals surface area contributed by atoms with Gasteiger partial charge >= 0.3 is 0 Å². The fraction of sp³-hybridized carbons (Fsp3) is 0.500. The van der Waals surface area contributed by atoms with Gasteiger partial charge in [0.05, 0.1) is 5.75 Å². The van der Waals surface area contributed by atoms with Gasteiger partial charge in [0, 0.05) is 37.6 Å². The molecule has 2 N–H and O–H groups in total. The molecule has 1 aliphatic rings. The third-order valence-corrected chi connectivity index (χ3v) is 7.10. The van der Waals surface area contributed by atoms with E-state index in [-0.39, 0.29) is 17.4 Å². The van der Waals surface area contributed by atoms with Crippen molar-refractivity contribution >= 4 is 33.2 Å². The number of rotatable bonds is 8. The summed E-state index contributed by atoms with van der Waals surface area (Å²) in [5.74, 6) is 0.316. The van der Waals surface area contributed by atoms with E-state index in [1.165, 1.54) is 4.31 Å². The molecule has 1 amide bonds. The molecule has 170 valence electrons. The number of nitrogens with zero attached hydrogens (tertiary/aromatic N) is 3. The van der Waals surface area contributed by atoms with E-state index in [0.717, 1.165) is 12.0 Å². The lowest BCUT2D eigenvalue weighted by molar-refractivity contribution is -0.116. The molecule has 2 rings (SSSR count). The van der Waals surface area contributed by atoms with Crippen molar-refractivity contribution in [3.05, 3.63) is 42.0 Å². The number of hydrogen-bond donors (Lipinski definition) is 2. The van der Waals surface area contributed by atoms with Crippen molar-refractivity contribution in [3.63, 3.8) is 0 Å². The molecule has 1 unspecified atom stereocenters. The molecule has 0 bridgehead atoms. The number of aliphatic imine (C=N–C) groups is 1. The van der Waals surface area contributed by atoms with E-state index in [2.05, 4.69) is 10.3 Å². The minimum atomic E-state index is -3.23. The van der Waals surface area contributed by atoms with Gasteiger partial charge in [0.1, 0.15) is 5.84 Å². The number of piperazine rings is 1. The summed E-state index contributed by atoms with van der Waals surface area (Å²) in [5.41, 5.74) is 1.88. The summed E-state index contributed by atoms with van der Waals surface area (Å²) in [6.07, 6.45) is 2.75. The van der Waals surface area contributed by atoms with E-state index in [9.17, 15) is 13.2 Å². The molecular weight excluding hydrogens is 414 g/mol. The van der Waals surface area contributed by atoms with Crippen molar-refractivity contribution in [3.8, 4) is 0 Å². The Balaban J connectivity index is 2.28. The number of sulfonamides is 1. The quantitative estimate of drug-likeness (QED) is 0.472. The third kappa shape index (κ3) is 7.00. The number of hydrogen-bond acceptors (Lipinski definition) is 5. The summed E-state index contributed by atoms with van der Waals surface area (Å²) >= 11 is 0. The van der Waals surface area contributed by atoms with Crippen LogP contribution in [0, 0.1) is 5.41 Å². The second-order valence-electron chi connectivity index (χ2n) is 7.56. The van der Waals surface area contributed by atoms with Crippen LogP contribution in [-0.2, 0) is 14.8 Å². The zero-order valence-corrected chi connectivity index (χ0v) is 19.6. The number of anilines is 1. The van der Waals surface area contributed by atoms with E-state index in [4.69, 9.17) is 5.41 Å². The van der Waals surface area contributed by atoms with Crippen LogP contribution in [0.4, 0.5) is 5.69 Å². The highest BCUT2D eigenvalue weighted by molar-refractivity contribution is 7.89. The van der Waals surface area contributed by atoms with Gasteiger partial charge < -0.3 is 15.6 Å². The summed E-state index contributed by atoms with van der Waals surface area (Å²) in [6, 6.07) is 8.12. The molecule has 0 aromatic heterocycles. The van der Waals surface area contributed by atoms with E-state index in [0.29, 0.717) is 37.7 Å². The first-order chi connectivity index (χ1) is 14.7. The lowest BCUT2D eigenvalue weighted by Gasteiger charge is -2.35. The average molecular weight is 448 g/mol. The Hall–Kier alpha value is -2.52. The molecule has 0 radical (unpaired) electrons. The molecule has 1 aromatic rings. The SMILES string of the molecule is CCC(C)=CC(=NC(C(C)=N)C(=O)Nc1ccccc1)N1CCN(S(=O)(=O)CC)CC1. The predicted octanol–water partition coefficient (Wildman–Crippen LogP) is 2.76. The number of nitrogens with one attached hydrogen (secondary N) is 2. The summed E-state index contributed by atoms with van der Waals surface area (Å²) < 4.78 is 25.8. The molecule has 1 atom stereocenters. The minimum Gasteiger partial charge on any atom is -0.354 e. The Morgan fingerprint density at radius 2 is 1.77 bits per heavy atom. The zero-order chi connectivity index (χ0) is 23.0. The van der Waals surface area contributed by atoms with E-state index in [1.54, 1.807) is 26.0 Å². The number of para-hydroxylation sites is 1. The number of carbonyl (C=O) groups is 1. The second-order valence-corrected chi connectivity index (χ2v) is 9.82. The molecule has 0 aliphatic carbocycles. The zero-order valence-electron chi connectivity index (χ0n) is 18.8. The van der Waals surface area contributed by atoms with Crippen LogP contribution in [0.5, 0.6) is 0 Å². The Bertz CT molecular complexity index is 933. The monoisotopic (exact) mass is 447 g/mol. The summed E-state index contributed by atoms with van der Waals surface area (Å²) in [5, 5.41) is 10.9. The van der Waals surface area contributed by atoms with Gasteiger partial charge in [0.2, 0.25) is 10.0 Å². The van der Waals surface area contributed by atoms with Crippen LogP contribution in [0.25, 0.3) is 0 Å². The number of allylic oxidation sites excluding steroid dienone is 1. The average Bonchev–Trinajstić information content (AvgIpc) is 2.76. The van der Waals surface area contributed by atoms with Gasteiger partial charge in [0.25, 0.3) is 5.91 Å². The molecular formula is C22H33N5O3S. The predicted molar refractivity (Wildman–Crippen MR) is 126 cm³/mol. The lowest BCUT2D eigenvalue weighted by Crippen LogP contribution is -2.51. The van der Waals surface area contributed by atoms with Gasteiger partial charge in [-0.3, -0.25) is 4.79 Å². The van der Waals surface area contributed by atoms with Gasteiger partial charge in [-0.25, -0.2) is 13.4 Å². The van der Waals surface area contributed by atoms with Gasteiger partial charge in [-0.15, -0.1) is 0 Å². The van der Waals surface area contributed by atoms with Crippen LogP contribution in [0.3, 0.4) is 0 Å². The van der Waals surface area contributed by atoms with Crippen LogP contribution < -0.4 is 5.32 Å². The molecule has 0 spiro atoms. The molecule has 1 aliphatic heterocycles. The molecule has 1 heterocycles. The first-order valence-electron chi connectivity index (χ1n) is 10.6. The van der Waals surface area contributed by atoms with Crippen LogP contribution >= 0.6 is 0 Å². The summed E-state index contributed by atoms with van der Waals surface area (Å²) in [6.45, 7) is 8.95. The molecule has 1 aromatic carbocycles. The number of amidine groups is 1. The Labute approximate surface area is 185 Å². The highest BCUT2D eigenvalue weighted by Gasteiger charge is 2.28. The molecule has 8 nitrogen and oxygen atoms in total. The number of benzene rings is 1. The maximum Gasteiger partial charge on any atom is 0.255 e. The van der Waals surface area contributed by atoms with Crippen LogP contribution in [0.2, 0.25) is 0 Å². The van der Waals surface area contributed by atoms with Gasteiger partial charge in [0.15, 0.2) is 6.04 Å². The minimum absolute atomic E-state index is 0.0809. The van der Waals surface area contributed by atoms with Crippen molar-refractivity contribution in [1.29, 1.82) is 5.41 Å². The van der Waals surface area contributed by atoms with Crippen molar-refractivity contribution in [2.75, 3.05) is 37.2 Å². The second kappa shape index (κ2) is 11.2. The number of carbonyl (C=O) groups excluding carboxylic acids is 1. The highest BCUT2D eigenvalue weighted by Crippen LogP contribution is 2.13. The van der Waals surface area contributed by atoms with Crippen LogP contribution in [0.1, 0.15) is 34.1 Å². The smallest absolute Gasteiger partial charge is 0.255 e. The van der Waals surface area contributed by atoms with Crippen molar-refractivity contribution in [2.45, 2.75) is 40.2 Å². The van der Waals surface area contributed by atoms with E-state index in [1.807, 2.05) is 43.0 Å². The molecule has 9 heteroatoms. The fourth-order valence-electron chi connectivity index (χ4n) is 3.13. The van der Waals surface area contributed by atoms with Crippen molar-refractivity contribution in [1.82, 2.24) is 9.21 Å². The van der Waals surface area contributed by atoms with Crippen LogP contribution in [-0.4, -0.2) is 73.1 Å². The largest absolute Gasteiger partial charge is 0.354 e. The fourth-order valence-corrected chi connectivity index (χ4v) is 4.21. The Morgan fingerprint density at radius 3 is 2.29 bits per heavy atom. The maximum atomic E-state index is 12.9. The van der Waals surface area contributed by atoms with Gasteiger partial charge in [-0.2, -0.15) is 4.31 Å². The summed E-state index contributed by atoms with van der Waals surface area (Å²) in [7, 11) is -3.23. The van der Waals surface area contributed by atoms with Crippen molar-refractivity contribution < 1.29 is 13.2 Å². The van der Waals surface area contributed by atoms with Crippen molar-refractivity contribution in [2.24, 2.45) is 4.99 Å². The lowest BCUT2D eigenvalue weighted by atomic mass is 10.1. The molecule has 31 heavy (non-hydrogen) atoms. The first kappa shape index (κ1) is 24.7. The van der Waals surface area contributed by atoms with Crippen LogP contribution in [0.15, 0.2) is 47.0 Å². The third-order valence-electron chi connectivity index (χ3n) is 5.22. The maximum absolute atomic E-state index is 12.9. The van der Waals surface area contributed by atoms with Gasteiger partial charge in [-0.1, -0.05) is 30.7 Å². The standard InChI is InChI=1S/C22H33N5O3S/c1-5-17(3)16-20(26-12-14-27(15-13-26)31(29,30)6-2)25-21(18(4)23)22(28)24-19-10-8-7-9-11-19/h7-11,16,21,23H,5-6,12-15H2,1-4H3,(H,24,28). The highest BCUT2D eigenvalue weighted by atomic mass is 32.2. The topological polar surface area (TPSA) is 106 Å². The van der Waals surface area contributed by atoms with E-state index >= 15 is 0 Å². The first-order valence-corrected chi connectivity index (χ1v) is 12.2. The Morgan fingerprint density at radius 1 is 1.16 bits per heavy atom. The number of amides is 1. The molecule has 1 saturated heterocycles. The normalized spacial score (nSPS) is 17.4. The Kier molecular flexibility index (Phi) is 8.94. The molecule has 0 saturated carbocycles. The summed E-state index contributed by atoms with van der Waals surface area (Å²) in [4.78, 5) is 19.5.